The third kappa shape index (κ3) is 0.932. The monoisotopic (exact) mass is 111 g/mol. The van der Waals surface area contributed by atoms with Gasteiger partial charge >= 0.3 is 0 Å². The van der Waals surface area contributed by atoms with Crippen molar-refractivity contribution < 1.29 is 0 Å². The van der Waals surface area contributed by atoms with Gasteiger partial charge in [0.1, 0.15) is 0 Å². The maximum atomic E-state index is 5.38. The van der Waals surface area contributed by atoms with E-state index in [1.165, 1.54) is 0 Å². The molecule has 0 fully saturated rings. The van der Waals surface area contributed by atoms with Crippen molar-refractivity contribution in [3.63, 3.8) is 0 Å². The SMILES string of the molecule is CN1C=CC(N)=CN1. The van der Waals surface area contributed by atoms with Crippen LogP contribution in [-0.2, 0) is 0 Å². The first-order chi connectivity index (χ1) is 3.79. The van der Waals surface area contributed by atoms with Crippen molar-refractivity contribution >= 4 is 0 Å². The lowest BCUT2D eigenvalue weighted by molar-refractivity contribution is 0.379. The molecule has 8 heavy (non-hydrogen) atoms. The summed E-state index contributed by atoms with van der Waals surface area (Å²) >= 11 is 0. The fraction of sp³-hybridized carbons (Fsp3) is 0.200. The first-order valence-corrected chi connectivity index (χ1v) is 2.42. The van der Waals surface area contributed by atoms with E-state index in [0.717, 1.165) is 5.70 Å². The highest BCUT2D eigenvalue weighted by atomic mass is 15.5. The zero-order valence-corrected chi connectivity index (χ0v) is 4.76. The Morgan fingerprint density at radius 1 is 1.75 bits per heavy atom. The second-order valence-electron chi connectivity index (χ2n) is 1.70. The zero-order valence-electron chi connectivity index (χ0n) is 4.76. The summed E-state index contributed by atoms with van der Waals surface area (Å²) in [4.78, 5) is 0. The van der Waals surface area contributed by atoms with E-state index in [1.54, 1.807) is 6.20 Å². The van der Waals surface area contributed by atoms with Crippen molar-refractivity contribution in [2.45, 2.75) is 0 Å². The Morgan fingerprint density at radius 2 is 2.50 bits per heavy atom. The second-order valence-corrected chi connectivity index (χ2v) is 1.70. The van der Waals surface area contributed by atoms with E-state index in [2.05, 4.69) is 5.43 Å². The molecular weight excluding hydrogens is 102 g/mol. The van der Waals surface area contributed by atoms with E-state index in [-0.39, 0.29) is 0 Å². The topological polar surface area (TPSA) is 41.3 Å². The Kier molecular flexibility index (Phi) is 1.12. The third-order valence-corrected chi connectivity index (χ3v) is 0.925. The summed E-state index contributed by atoms with van der Waals surface area (Å²) in [5.74, 6) is 0. The predicted octanol–water partition coefficient (Wildman–Crippen LogP) is -0.250. The van der Waals surface area contributed by atoms with E-state index < -0.39 is 0 Å². The summed E-state index contributed by atoms with van der Waals surface area (Å²) in [6.07, 6.45) is 5.42. The van der Waals surface area contributed by atoms with Crippen LogP contribution in [-0.4, -0.2) is 12.1 Å². The van der Waals surface area contributed by atoms with Gasteiger partial charge in [-0.3, -0.25) is 5.01 Å². The molecule has 0 saturated heterocycles. The van der Waals surface area contributed by atoms with Crippen LogP contribution >= 0.6 is 0 Å². The minimum absolute atomic E-state index is 0.753. The highest BCUT2D eigenvalue weighted by Gasteiger charge is 1.91. The van der Waals surface area contributed by atoms with Crippen LogP contribution in [0.3, 0.4) is 0 Å². The summed E-state index contributed by atoms with van der Waals surface area (Å²) in [5, 5.41) is 1.82. The standard InChI is InChI=1S/C5H9N3/c1-8-3-2-5(6)4-7-8/h2-4,7H,6H2,1H3. The van der Waals surface area contributed by atoms with Gasteiger partial charge in [-0.1, -0.05) is 0 Å². The van der Waals surface area contributed by atoms with Crippen LogP contribution in [0.1, 0.15) is 0 Å². The Balaban J connectivity index is 2.58. The third-order valence-electron chi connectivity index (χ3n) is 0.925. The molecule has 0 aromatic heterocycles. The Morgan fingerprint density at radius 3 is 2.88 bits per heavy atom. The Labute approximate surface area is 48.4 Å². The summed E-state index contributed by atoms with van der Waals surface area (Å²) in [6.45, 7) is 0. The van der Waals surface area contributed by atoms with Crippen molar-refractivity contribution in [2.75, 3.05) is 7.05 Å². The van der Waals surface area contributed by atoms with Crippen LogP contribution in [0.5, 0.6) is 0 Å². The summed E-state index contributed by atoms with van der Waals surface area (Å²) < 4.78 is 0. The highest BCUT2D eigenvalue weighted by molar-refractivity contribution is 5.15. The molecule has 0 atom stereocenters. The lowest BCUT2D eigenvalue weighted by atomic mass is 10.4. The van der Waals surface area contributed by atoms with Crippen molar-refractivity contribution in [2.24, 2.45) is 5.73 Å². The van der Waals surface area contributed by atoms with Gasteiger partial charge in [-0.25, -0.2) is 0 Å². The Bertz CT molecular complexity index is 137. The van der Waals surface area contributed by atoms with E-state index in [9.17, 15) is 0 Å². The molecule has 0 aliphatic carbocycles. The van der Waals surface area contributed by atoms with Gasteiger partial charge in [0.25, 0.3) is 0 Å². The average molecular weight is 111 g/mol. The molecule has 1 rings (SSSR count). The molecule has 3 N–H and O–H groups in total. The normalized spacial score (nSPS) is 17.6. The summed E-state index contributed by atoms with van der Waals surface area (Å²) in [7, 11) is 1.90. The van der Waals surface area contributed by atoms with Crippen LogP contribution < -0.4 is 11.2 Å². The van der Waals surface area contributed by atoms with Crippen LogP contribution in [0.25, 0.3) is 0 Å². The molecule has 0 aromatic carbocycles. The van der Waals surface area contributed by atoms with Crippen LogP contribution in [0.15, 0.2) is 24.2 Å². The van der Waals surface area contributed by atoms with Crippen molar-refractivity contribution in [3.05, 3.63) is 24.2 Å². The fourth-order valence-electron chi connectivity index (χ4n) is 0.465. The molecule has 0 saturated carbocycles. The molecular formula is C5H9N3. The van der Waals surface area contributed by atoms with E-state index in [1.807, 2.05) is 24.3 Å². The number of rotatable bonds is 0. The van der Waals surface area contributed by atoms with Gasteiger partial charge in [0.05, 0.1) is 5.70 Å². The quantitative estimate of drug-likeness (QED) is 0.453. The average Bonchev–Trinajstić information content (AvgIpc) is 1.77. The van der Waals surface area contributed by atoms with Crippen molar-refractivity contribution in [3.8, 4) is 0 Å². The number of nitrogens with one attached hydrogen (secondary N) is 1. The number of nitrogens with zero attached hydrogens (tertiary/aromatic N) is 1. The zero-order chi connectivity index (χ0) is 5.98. The minimum Gasteiger partial charge on any atom is -0.397 e. The van der Waals surface area contributed by atoms with Gasteiger partial charge in [0.2, 0.25) is 0 Å². The minimum atomic E-state index is 0.753. The molecule has 0 unspecified atom stereocenters. The van der Waals surface area contributed by atoms with Crippen LogP contribution in [0.2, 0.25) is 0 Å². The number of hydrazine groups is 1. The Hall–Kier alpha value is -1.12. The smallest absolute Gasteiger partial charge is 0.0508 e. The van der Waals surface area contributed by atoms with Crippen molar-refractivity contribution in [1.29, 1.82) is 0 Å². The predicted molar refractivity (Wildman–Crippen MR) is 32.3 cm³/mol. The highest BCUT2D eigenvalue weighted by Crippen LogP contribution is 1.92. The number of hydrogen-bond acceptors (Lipinski definition) is 3. The summed E-state index contributed by atoms with van der Waals surface area (Å²) in [5.41, 5.74) is 9.03. The number of allylic oxidation sites excluding steroid dienone is 1. The van der Waals surface area contributed by atoms with E-state index >= 15 is 0 Å². The first-order valence-electron chi connectivity index (χ1n) is 2.42. The molecule has 3 heteroatoms. The van der Waals surface area contributed by atoms with E-state index in [0.29, 0.717) is 0 Å². The van der Waals surface area contributed by atoms with Gasteiger partial charge < -0.3 is 11.2 Å². The molecule has 0 aromatic rings. The second kappa shape index (κ2) is 1.78. The molecule has 0 spiro atoms. The molecule has 0 radical (unpaired) electrons. The lowest BCUT2D eigenvalue weighted by Crippen LogP contribution is -2.28. The maximum Gasteiger partial charge on any atom is 0.0508 e. The van der Waals surface area contributed by atoms with Gasteiger partial charge in [-0.2, -0.15) is 0 Å². The van der Waals surface area contributed by atoms with Crippen LogP contribution in [0, 0.1) is 0 Å². The molecule has 0 bridgehead atoms. The van der Waals surface area contributed by atoms with Gasteiger partial charge in [0, 0.05) is 19.4 Å². The molecule has 3 nitrogen and oxygen atoms in total. The van der Waals surface area contributed by atoms with Gasteiger partial charge in [-0.05, 0) is 6.08 Å². The van der Waals surface area contributed by atoms with Gasteiger partial charge in [-0.15, -0.1) is 0 Å². The number of nitrogens with two attached hydrogens (primary N) is 1. The van der Waals surface area contributed by atoms with E-state index in [4.69, 9.17) is 5.73 Å². The molecule has 44 valence electrons. The lowest BCUT2D eigenvalue weighted by Gasteiger charge is -2.16. The first kappa shape index (κ1) is 5.03. The largest absolute Gasteiger partial charge is 0.397 e. The van der Waals surface area contributed by atoms with Gasteiger partial charge in [0.15, 0.2) is 0 Å². The molecule has 0 amide bonds. The molecule has 1 aliphatic heterocycles. The maximum absolute atomic E-state index is 5.38. The van der Waals surface area contributed by atoms with Crippen LogP contribution in [0.4, 0.5) is 0 Å². The molecule has 1 heterocycles. The summed E-state index contributed by atoms with van der Waals surface area (Å²) in [6, 6.07) is 0. The number of hydrogen-bond donors (Lipinski definition) is 2. The fourth-order valence-corrected chi connectivity index (χ4v) is 0.465. The molecule has 1 aliphatic rings. The van der Waals surface area contributed by atoms with Crippen molar-refractivity contribution in [1.82, 2.24) is 10.4 Å².